The quantitative estimate of drug-likeness (QED) is 0.200. The van der Waals surface area contributed by atoms with Crippen LogP contribution < -0.4 is 9.47 Å². The zero-order chi connectivity index (χ0) is 18.6. The minimum Gasteiger partial charge on any atom is -0.489 e. The SMILES string of the molecule is C=CC(=O)OCCOc1c2ccccc2c(OCC2CO2)c2ccccc12. The first-order valence-corrected chi connectivity index (χ1v) is 8.88. The predicted octanol–water partition coefficient (Wildman–Crippen LogP) is 3.88. The van der Waals surface area contributed by atoms with Gasteiger partial charge in [-0.05, 0) is 0 Å². The van der Waals surface area contributed by atoms with E-state index >= 15 is 0 Å². The van der Waals surface area contributed by atoms with E-state index < -0.39 is 5.97 Å². The maximum Gasteiger partial charge on any atom is 0.330 e. The number of fused-ring (bicyclic) bond motifs is 2. The van der Waals surface area contributed by atoms with Gasteiger partial charge < -0.3 is 18.9 Å². The Kier molecular flexibility index (Phi) is 4.94. The van der Waals surface area contributed by atoms with Crippen LogP contribution in [0.5, 0.6) is 11.5 Å². The van der Waals surface area contributed by atoms with E-state index in [9.17, 15) is 4.79 Å². The number of carbonyl (C=O) groups excluding carboxylic acids is 1. The molecule has 1 saturated heterocycles. The molecule has 0 N–H and O–H groups in total. The van der Waals surface area contributed by atoms with E-state index in [1.165, 1.54) is 0 Å². The number of rotatable bonds is 8. The molecular formula is C22H20O5. The lowest BCUT2D eigenvalue weighted by atomic mass is 10.0. The second-order valence-corrected chi connectivity index (χ2v) is 6.24. The molecule has 1 atom stereocenters. The van der Waals surface area contributed by atoms with E-state index in [0.29, 0.717) is 6.61 Å². The van der Waals surface area contributed by atoms with Gasteiger partial charge in [-0.3, -0.25) is 0 Å². The average Bonchev–Trinajstić information content (AvgIpc) is 3.54. The van der Waals surface area contributed by atoms with E-state index in [0.717, 1.165) is 45.7 Å². The highest BCUT2D eigenvalue weighted by atomic mass is 16.6. The first kappa shape index (κ1) is 17.4. The Labute approximate surface area is 157 Å². The smallest absolute Gasteiger partial charge is 0.330 e. The van der Waals surface area contributed by atoms with Crippen molar-refractivity contribution in [3.05, 3.63) is 61.2 Å². The third-order valence-corrected chi connectivity index (χ3v) is 4.39. The third kappa shape index (κ3) is 3.73. The van der Waals surface area contributed by atoms with Gasteiger partial charge in [-0.1, -0.05) is 55.1 Å². The molecule has 5 heteroatoms. The van der Waals surface area contributed by atoms with Crippen molar-refractivity contribution >= 4 is 27.5 Å². The van der Waals surface area contributed by atoms with Gasteiger partial charge in [-0.15, -0.1) is 0 Å². The normalized spacial score (nSPS) is 15.5. The molecule has 0 saturated carbocycles. The molecule has 3 aromatic rings. The lowest BCUT2D eigenvalue weighted by Crippen LogP contribution is -2.11. The van der Waals surface area contributed by atoms with Gasteiger partial charge in [-0.2, -0.15) is 0 Å². The van der Waals surface area contributed by atoms with Crippen LogP contribution in [-0.4, -0.2) is 38.5 Å². The Morgan fingerprint density at radius 2 is 1.48 bits per heavy atom. The predicted molar refractivity (Wildman–Crippen MR) is 103 cm³/mol. The van der Waals surface area contributed by atoms with Crippen molar-refractivity contribution in [3.8, 4) is 11.5 Å². The van der Waals surface area contributed by atoms with Crippen LogP contribution in [0.15, 0.2) is 61.2 Å². The van der Waals surface area contributed by atoms with Crippen LogP contribution in [0.4, 0.5) is 0 Å². The molecule has 4 rings (SSSR count). The van der Waals surface area contributed by atoms with Gasteiger partial charge in [0, 0.05) is 27.6 Å². The van der Waals surface area contributed by atoms with E-state index in [1.807, 2.05) is 48.5 Å². The van der Waals surface area contributed by atoms with Crippen LogP contribution >= 0.6 is 0 Å². The molecule has 1 fully saturated rings. The molecule has 3 aromatic carbocycles. The van der Waals surface area contributed by atoms with Crippen LogP contribution in [0.25, 0.3) is 21.5 Å². The maximum atomic E-state index is 11.2. The largest absolute Gasteiger partial charge is 0.489 e. The number of carbonyl (C=O) groups is 1. The third-order valence-electron chi connectivity index (χ3n) is 4.39. The molecule has 1 aliphatic rings. The van der Waals surface area contributed by atoms with E-state index in [2.05, 4.69) is 6.58 Å². The van der Waals surface area contributed by atoms with E-state index in [4.69, 9.17) is 18.9 Å². The summed E-state index contributed by atoms with van der Waals surface area (Å²) in [6, 6.07) is 16.0. The molecule has 138 valence electrons. The van der Waals surface area contributed by atoms with Crippen molar-refractivity contribution in [2.24, 2.45) is 0 Å². The lowest BCUT2D eigenvalue weighted by molar-refractivity contribution is -0.138. The fourth-order valence-electron chi connectivity index (χ4n) is 3.04. The summed E-state index contributed by atoms with van der Waals surface area (Å²) in [5.41, 5.74) is 0. The second kappa shape index (κ2) is 7.68. The second-order valence-electron chi connectivity index (χ2n) is 6.24. The van der Waals surface area contributed by atoms with Gasteiger partial charge in [-0.25, -0.2) is 4.79 Å². The fourth-order valence-corrected chi connectivity index (χ4v) is 3.04. The Hall–Kier alpha value is -3.05. The van der Waals surface area contributed by atoms with E-state index in [1.54, 1.807) is 0 Å². The summed E-state index contributed by atoms with van der Waals surface area (Å²) in [5.74, 6) is 1.13. The topological polar surface area (TPSA) is 57.3 Å². The minimum absolute atomic E-state index is 0.158. The standard InChI is InChI=1S/C22H20O5/c1-2-20(23)24-11-12-25-21-16-7-3-5-9-18(16)22(27-14-15-13-26-15)19-10-6-4-8-17(19)21/h2-10,15H,1,11-14H2. The number of benzene rings is 3. The Morgan fingerprint density at radius 3 is 1.96 bits per heavy atom. The van der Waals surface area contributed by atoms with E-state index in [-0.39, 0.29) is 19.3 Å². The molecule has 5 nitrogen and oxygen atoms in total. The van der Waals surface area contributed by atoms with Gasteiger partial charge in [0.2, 0.25) is 0 Å². The monoisotopic (exact) mass is 364 g/mol. The molecule has 1 aliphatic heterocycles. The highest BCUT2D eigenvalue weighted by Gasteiger charge is 2.24. The summed E-state index contributed by atoms with van der Waals surface area (Å²) < 4.78 is 22.4. The lowest BCUT2D eigenvalue weighted by Gasteiger charge is -2.17. The molecule has 0 bridgehead atoms. The first-order chi connectivity index (χ1) is 13.3. The molecule has 27 heavy (non-hydrogen) atoms. The molecule has 0 radical (unpaired) electrons. The highest BCUT2D eigenvalue weighted by molar-refractivity contribution is 6.11. The molecule has 0 aromatic heterocycles. The average molecular weight is 364 g/mol. The Bertz CT molecular complexity index is 934. The zero-order valence-electron chi connectivity index (χ0n) is 14.9. The van der Waals surface area contributed by atoms with Gasteiger partial charge in [0.15, 0.2) is 0 Å². The molecule has 0 amide bonds. The Balaban J connectivity index is 1.71. The summed E-state index contributed by atoms with van der Waals surface area (Å²) in [6.45, 7) is 5.08. The Morgan fingerprint density at radius 1 is 0.963 bits per heavy atom. The van der Waals surface area contributed by atoms with Crippen molar-refractivity contribution in [3.63, 3.8) is 0 Å². The van der Waals surface area contributed by atoms with Crippen LogP contribution in [0.1, 0.15) is 0 Å². The molecule has 0 aliphatic carbocycles. The minimum atomic E-state index is -0.459. The van der Waals surface area contributed by atoms with Crippen LogP contribution in [-0.2, 0) is 14.3 Å². The number of epoxide rings is 1. The number of hydrogen-bond acceptors (Lipinski definition) is 5. The molecule has 0 spiro atoms. The first-order valence-electron chi connectivity index (χ1n) is 8.88. The van der Waals surface area contributed by atoms with Crippen molar-refractivity contribution < 1.29 is 23.7 Å². The van der Waals surface area contributed by atoms with Crippen molar-refractivity contribution in [1.29, 1.82) is 0 Å². The number of hydrogen-bond donors (Lipinski definition) is 0. The zero-order valence-corrected chi connectivity index (χ0v) is 14.9. The van der Waals surface area contributed by atoms with Crippen molar-refractivity contribution in [1.82, 2.24) is 0 Å². The number of ether oxygens (including phenoxy) is 4. The molecule has 1 heterocycles. The van der Waals surface area contributed by atoms with Gasteiger partial charge in [0.05, 0.1) is 6.61 Å². The van der Waals surface area contributed by atoms with Crippen molar-refractivity contribution in [2.45, 2.75) is 6.10 Å². The van der Waals surface area contributed by atoms with Crippen LogP contribution in [0.3, 0.4) is 0 Å². The summed E-state index contributed by atoms with van der Waals surface area (Å²) in [5, 5.41) is 3.88. The molecule has 1 unspecified atom stereocenters. The van der Waals surface area contributed by atoms with Crippen LogP contribution in [0, 0.1) is 0 Å². The molecular weight excluding hydrogens is 344 g/mol. The summed E-state index contributed by atoms with van der Waals surface area (Å²) in [7, 11) is 0. The van der Waals surface area contributed by atoms with Crippen molar-refractivity contribution in [2.75, 3.05) is 26.4 Å². The fraction of sp³-hybridized carbons (Fsp3) is 0.227. The summed E-state index contributed by atoms with van der Waals surface area (Å²) in [6.07, 6.45) is 1.32. The van der Waals surface area contributed by atoms with Gasteiger partial charge >= 0.3 is 5.97 Å². The highest BCUT2D eigenvalue weighted by Crippen LogP contribution is 2.42. The van der Waals surface area contributed by atoms with Gasteiger partial charge in [0.25, 0.3) is 0 Å². The maximum absolute atomic E-state index is 11.2. The summed E-state index contributed by atoms with van der Waals surface area (Å²) >= 11 is 0. The number of esters is 1. The summed E-state index contributed by atoms with van der Waals surface area (Å²) in [4.78, 5) is 11.2. The van der Waals surface area contributed by atoms with Crippen LogP contribution in [0.2, 0.25) is 0 Å². The van der Waals surface area contributed by atoms with Gasteiger partial charge in [0.1, 0.15) is 37.4 Å².